The molecule has 26 heavy (non-hydrogen) atoms. The molecule has 0 unspecified atom stereocenters. The van der Waals surface area contributed by atoms with Crippen LogP contribution in [0.3, 0.4) is 0 Å². The van der Waals surface area contributed by atoms with E-state index in [1.54, 1.807) is 18.2 Å². The van der Waals surface area contributed by atoms with E-state index >= 15 is 0 Å². The predicted molar refractivity (Wildman–Crippen MR) is 93.8 cm³/mol. The Morgan fingerprint density at radius 1 is 1.38 bits per heavy atom. The lowest BCUT2D eigenvalue weighted by atomic mass is 10.2. The minimum Gasteiger partial charge on any atom is -0.329 e. The van der Waals surface area contributed by atoms with Gasteiger partial charge in [0.15, 0.2) is 15.5 Å². The average Bonchev–Trinajstić information content (AvgIpc) is 3.20. The van der Waals surface area contributed by atoms with E-state index < -0.39 is 9.84 Å². The molecule has 0 spiro atoms. The standard InChI is InChI=1S/C17H19FN4O3S/c1-2-8-22(15-7-9-26(24,25)12-15)17(23)16-11-21(20-19-16)10-13-3-5-14(18)6-4-13/h2-6,11,15H,1,7-10,12H2/t15-/m1/s1. The zero-order chi connectivity index (χ0) is 18.7. The molecule has 7 nitrogen and oxygen atoms in total. The molecule has 0 bridgehead atoms. The van der Waals surface area contributed by atoms with Crippen LogP contribution in [0, 0.1) is 5.82 Å². The summed E-state index contributed by atoms with van der Waals surface area (Å²) in [5, 5.41) is 7.84. The van der Waals surface area contributed by atoms with E-state index in [-0.39, 0.29) is 41.5 Å². The van der Waals surface area contributed by atoms with E-state index in [2.05, 4.69) is 16.9 Å². The van der Waals surface area contributed by atoms with Gasteiger partial charge in [-0.1, -0.05) is 23.4 Å². The van der Waals surface area contributed by atoms with Crippen molar-refractivity contribution in [1.29, 1.82) is 0 Å². The molecule has 1 amide bonds. The van der Waals surface area contributed by atoms with Crippen LogP contribution in [-0.4, -0.2) is 58.3 Å². The Kier molecular flexibility index (Phi) is 5.17. The first-order chi connectivity index (χ1) is 12.4. The minimum absolute atomic E-state index is 0.0453. The zero-order valence-corrected chi connectivity index (χ0v) is 14.9. The maximum Gasteiger partial charge on any atom is 0.276 e. The van der Waals surface area contributed by atoms with Gasteiger partial charge in [-0.25, -0.2) is 17.5 Å². The molecule has 1 atom stereocenters. The molecule has 9 heteroatoms. The Hall–Kier alpha value is -2.55. The van der Waals surface area contributed by atoms with Crippen molar-refractivity contribution in [2.45, 2.75) is 19.0 Å². The van der Waals surface area contributed by atoms with Crippen molar-refractivity contribution in [1.82, 2.24) is 19.9 Å². The number of aromatic nitrogens is 3. The lowest BCUT2D eigenvalue weighted by molar-refractivity contribution is 0.0714. The summed E-state index contributed by atoms with van der Waals surface area (Å²) < 4.78 is 37.9. The molecule has 0 N–H and O–H groups in total. The van der Waals surface area contributed by atoms with Gasteiger partial charge >= 0.3 is 0 Å². The van der Waals surface area contributed by atoms with Crippen LogP contribution in [0.25, 0.3) is 0 Å². The third-order valence-electron chi connectivity index (χ3n) is 4.25. The molecule has 0 aliphatic carbocycles. The average molecular weight is 378 g/mol. The van der Waals surface area contributed by atoms with Gasteiger partial charge in [0.2, 0.25) is 0 Å². The summed E-state index contributed by atoms with van der Waals surface area (Å²) in [4.78, 5) is 14.2. The number of rotatable bonds is 6. The van der Waals surface area contributed by atoms with Crippen molar-refractivity contribution in [3.8, 4) is 0 Å². The van der Waals surface area contributed by atoms with Crippen LogP contribution in [-0.2, 0) is 16.4 Å². The fourth-order valence-corrected chi connectivity index (χ4v) is 4.69. The van der Waals surface area contributed by atoms with Gasteiger partial charge in [0.25, 0.3) is 5.91 Å². The molecule has 1 saturated heterocycles. The fraction of sp³-hybridized carbons (Fsp3) is 0.353. The van der Waals surface area contributed by atoms with Crippen molar-refractivity contribution < 1.29 is 17.6 Å². The number of halogens is 1. The highest BCUT2D eigenvalue weighted by Crippen LogP contribution is 2.19. The van der Waals surface area contributed by atoms with E-state index in [1.807, 2.05) is 0 Å². The van der Waals surface area contributed by atoms with Gasteiger partial charge in [-0.3, -0.25) is 4.79 Å². The summed E-state index contributed by atoms with van der Waals surface area (Å²) in [6.07, 6.45) is 3.47. The molecule has 1 aromatic carbocycles. The van der Waals surface area contributed by atoms with Crippen LogP contribution in [0.15, 0.2) is 43.1 Å². The molecule has 1 aliphatic rings. The number of benzene rings is 1. The number of sulfone groups is 1. The fourth-order valence-electron chi connectivity index (χ4n) is 2.96. The SMILES string of the molecule is C=CCN(C(=O)c1cn(Cc2ccc(F)cc2)nn1)[C@@H]1CCS(=O)(=O)C1. The second kappa shape index (κ2) is 7.36. The van der Waals surface area contributed by atoms with E-state index in [9.17, 15) is 17.6 Å². The van der Waals surface area contributed by atoms with Crippen LogP contribution >= 0.6 is 0 Å². The summed E-state index contributed by atoms with van der Waals surface area (Å²) >= 11 is 0. The number of amides is 1. The van der Waals surface area contributed by atoms with Crippen molar-refractivity contribution in [3.63, 3.8) is 0 Å². The zero-order valence-electron chi connectivity index (χ0n) is 14.1. The van der Waals surface area contributed by atoms with Gasteiger partial charge in [0.05, 0.1) is 24.2 Å². The molecule has 2 heterocycles. The van der Waals surface area contributed by atoms with Crippen molar-refractivity contribution in [3.05, 3.63) is 60.2 Å². The molecule has 138 valence electrons. The topological polar surface area (TPSA) is 85.2 Å². The Balaban J connectivity index is 1.74. The second-order valence-corrected chi connectivity index (χ2v) is 8.46. The van der Waals surface area contributed by atoms with E-state index in [1.165, 1.54) is 27.9 Å². The summed E-state index contributed by atoms with van der Waals surface area (Å²) in [5.41, 5.74) is 0.957. The van der Waals surface area contributed by atoms with Gasteiger partial charge in [-0.15, -0.1) is 11.7 Å². The van der Waals surface area contributed by atoms with Crippen LogP contribution in [0.1, 0.15) is 22.5 Å². The van der Waals surface area contributed by atoms with Gasteiger partial charge in [0, 0.05) is 12.6 Å². The Labute approximate surface area is 151 Å². The molecule has 3 rings (SSSR count). The summed E-state index contributed by atoms with van der Waals surface area (Å²) in [7, 11) is -3.11. The normalized spacial score (nSPS) is 18.6. The summed E-state index contributed by atoms with van der Waals surface area (Å²) in [5.74, 6) is -0.668. The number of hydrogen-bond acceptors (Lipinski definition) is 5. The predicted octanol–water partition coefficient (Wildman–Crippen LogP) is 1.28. The monoisotopic (exact) mass is 378 g/mol. The largest absolute Gasteiger partial charge is 0.329 e. The molecule has 0 saturated carbocycles. The smallest absolute Gasteiger partial charge is 0.276 e. The molecule has 2 aromatic rings. The first-order valence-corrected chi connectivity index (χ1v) is 9.97. The third-order valence-corrected chi connectivity index (χ3v) is 6.00. The highest BCUT2D eigenvalue weighted by atomic mass is 32.2. The minimum atomic E-state index is -3.11. The highest BCUT2D eigenvalue weighted by molar-refractivity contribution is 7.91. The molecule has 1 aliphatic heterocycles. The van der Waals surface area contributed by atoms with E-state index in [4.69, 9.17) is 0 Å². The molecule has 1 fully saturated rings. The van der Waals surface area contributed by atoms with Crippen molar-refractivity contribution in [2.24, 2.45) is 0 Å². The lowest BCUT2D eigenvalue weighted by Crippen LogP contribution is -2.41. The number of hydrogen-bond donors (Lipinski definition) is 0. The molecule has 0 radical (unpaired) electrons. The maximum absolute atomic E-state index is 13.0. The van der Waals surface area contributed by atoms with Gasteiger partial charge < -0.3 is 4.90 Å². The Morgan fingerprint density at radius 3 is 2.73 bits per heavy atom. The first-order valence-electron chi connectivity index (χ1n) is 8.15. The van der Waals surface area contributed by atoms with E-state index in [0.29, 0.717) is 13.0 Å². The second-order valence-electron chi connectivity index (χ2n) is 6.23. The summed E-state index contributed by atoms with van der Waals surface area (Å²) in [6, 6.07) is 5.58. The number of carbonyl (C=O) groups excluding carboxylic acids is 1. The van der Waals surface area contributed by atoms with Crippen molar-refractivity contribution in [2.75, 3.05) is 18.1 Å². The van der Waals surface area contributed by atoms with Crippen LogP contribution in [0.5, 0.6) is 0 Å². The quantitative estimate of drug-likeness (QED) is 0.707. The molecular weight excluding hydrogens is 359 g/mol. The van der Waals surface area contributed by atoms with Gasteiger partial charge in [-0.2, -0.15) is 0 Å². The lowest BCUT2D eigenvalue weighted by Gasteiger charge is -2.25. The third kappa shape index (κ3) is 4.16. The van der Waals surface area contributed by atoms with E-state index in [0.717, 1.165) is 5.56 Å². The van der Waals surface area contributed by atoms with Gasteiger partial charge in [-0.05, 0) is 24.1 Å². The van der Waals surface area contributed by atoms with Crippen LogP contribution < -0.4 is 0 Å². The number of nitrogens with zero attached hydrogens (tertiary/aromatic N) is 4. The van der Waals surface area contributed by atoms with Crippen LogP contribution in [0.2, 0.25) is 0 Å². The summed E-state index contributed by atoms with van der Waals surface area (Å²) in [6.45, 7) is 4.22. The van der Waals surface area contributed by atoms with Crippen LogP contribution in [0.4, 0.5) is 4.39 Å². The number of carbonyl (C=O) groups is 1. The highest BCUT2D eigenvalue weighted by Gasteiger charge is 2.35. The Morgan fingerprint density at radius 2 is 2.12 bits per heavy atom. The van der Waals surface area contributed by atoms with Crippen molar-refractivity contribution >= 4 is 15.7 Å². The Bertz CT molecular complexity index is 908. The molecule has 1 aromatic heterocycles. The van der Waals surface area contributed by atoms with Gasteiger partial charge in [0.1, 0.15) is 5.82 Å². The maximum atomic E-state index is 13.0. The molecular formula is C17H19FN4O3S. The first kappa shape index (κ1) is 18.2.